The molecule has 0 saturated heterocycles. The molecular formula is C12H27NO. The Morgan fingerprint density at radius 1 is 1.21 bits per heavy atom. The van der Waals surface area contributed by atoms with Crippen molar-refractivity contribution in [3.8, 4) is 0 Å². The van der Waals surface area contributed by atoms with E-state index in [1.165, 1.54) is 0 Å². The first kappa shape index (κ1) is 15.9. The zero-order valence-electron chi connectivity index (χ0n) is 10.9. The second-order valence-corrected chi connectivity index (χ2v) is 4.94. The molecule has 0 aromatic carbocycles. The van der Waals surface area contributed by atoms with E-state index in [2.05, 4.69) is 39.9 Å². The molecule has 0 aliphatic carbocycles. The lowest BCUT2D eigenvalue weighted by atomic mass is 9.92. The van der Waals surface area contributed by atoms with Gasteiger partial charge in [-0.3, -0.25) is 4.79 Å². The first-order chi connectivity index (χ1) is 6.31. The molecule has 0 radical (unpaired) electrons. The molecule has 0 spiro atoms. The molecule has 0 unspecified atom stereocenters. The van der Waals surface area contributed by atoms with Crippen LogP contribution < -0.4 is 5.32 Å². The molecule has 86 valence electrons. The van der Waals surface area contributed by atoms with Crippen LogP contribution in [0.3, 0.4) is 0 Å². The third-order valence-corrected chi connectivity index (χ3v) is 1.40. The Kier molecular flexibility index (Phi) is 8.91. The average Bonchev–Trinajstić information content (AvgIpc) is 2.02. The predicted octanol–water partition coefficient (Wildman–Crippen LogP) is 3.22. The second kappa shape index (κ2) is 7.84. The lowest BCUT2D eigenvalue weighted by Crippen LogP contribution is -2.30. The summed E-state index contributed by atoms with van der Waals surface area (Å²) in [5.41, 5.74) is 0.0983. The van der Waals surface area contributed by atoms with Crippen molar-refractivity contribution in [2.75, 3.05) is 6.54 Å². The van der Waals surface area contributed by atoms with Gasteiger partial charge >= 0.3 is 0 Å². The van der Waals surface area contributed by atoms with Gasteiger partial charge in [-0.15, -0.1) is 0 Å². The molecule has 14 heavy (non-hydrogen) atoms. The molecule has 0 aliphatic heterocycles. The van der Waals surface area contributed by atoms with Crippen LogP contribution in [0.4, 0.5) is 0 Å². The highest BCUT2D eigenvalue weighted by atomic mass is 16.1. The second-order valence-electron chi connectivity index (χ2n) is 4.94. The molecule has 0 aromatic heterocycles. The van der Waals surface area contributed by atoms with E-state index in [4.69, 9.17) is 0 Å². The maximum Gasteiger partial charge on any atom is 0.220 e. The van der Waals surface area contributed by atoms with E-state index in [0.29, 0.717) is 12.3 Å². The van der Waals surface area contributed by atoms with Gasteiger partial charge in [0.15, 0.2) is 0 Å². The molecular weight excluding hydrogens is 174 g/mol. The van der Waals surface area contributed by atoms with E-state index in [-0.39, 0.29) is 11.3 Å². The molecule has 0 heterocycles. The molecule has 0 atom stereocenters. The number of hydrogen-bond donors (Lipinski definition) is 1. The molecule has 2 heteroatoms. The van der Waals surface area contributed by atoms with Gasteiger partial charge in [0.25, 0.3) is 0 Å². The van der Waals surface area contributed by atoms with E-state index >= 15 is 0 Å². The number of carbonyl (C=O) groups is 1. The molecule has 0 aromatic rings. The molecule has 1 amide bonds. The minimum absolute atomic E-state index is 0.0983. The SMILES string of the molecule is CC.CC(C)CNC(=O)CC(C)(C)C. The van der Waals surface area contributed by atoms with Crippen molar-refractivity contribution >= 4 is 5.91 Å². The van der Waals surface area contributed by atoms with Crippen LogP contribution in [0.1, 0.15) is 54.9 Å². The molecule has 0 fully saturated rings. The smallest absolute Gasteiger partial charge is 0.220 e. The monoisotopic (exact) mass is 201 g/mol. The summed E-state index contributed by atoms with van der Waals surface area (Å²) in [5, 5.41) is 2.90. The van der Waals surface area contributed by atoms with Crippen molar-refractivity contribution in [3.05, 3.63) is 0 Å². The van der Waals surface area contributed by atoms with Gasteiger partial charge in [0.05, 0.1) is 0 Å². The molecule has 0 aliphatic rings. The number of amides is 1. The third kappa shape index (κ3) is 14.0. The molecule has 2 nitrogen and oxygen atoms in total. The fraction of sp³-hybridized carbons (Fsp3) is 0.917. The van der Waals surface area contributed by atoms with Gasteiger partial charge in [-0.2, -0.15) is 0 Å². The van der Waals surface area contributed by atoms with Crippen molar-refractivity contribution < 1.29 is 4.79 Å². The highest BCUT2D eigenvalue weighted by Gasteiger charge is 2.15. The average molecular weight is 201 g/mol. The first-order valence-electron chi connectivity index (χ1n) is 5.58. The minimum atomic E-state index is 0.0983. The summed E-state index contributed by atoms with van der Waals surface area (Å²) >= 11 is 0. The number of rotatable bonds is 3. The number of carbonyl (C=O) groups excluding carboxylic acids is 1. The Labute approximate surface area is 89.5 Å². The van der Waals surface area contributed by atoms with Crippen LogP contribution in [-0.2, 0) is 4.79 Å². The Hall–Kier alpha value is -0.530. The Balaban J connectivity index is 0. The van der Waals surface area contributed by atoms with Gasteiger partial charge in [0.2, 0.25) is 5.91 Å². The summed E-state index contributed by atoms with van der Waals surface area (Å²) in [6.45, 7) is 15.2. The zero-order valence-corrected chi connectivity index (χ0v) is 10.9. The van der Waals surface area contributed by atoms with Crippen molar-refractivity contribution in [2.24, 2.45) is 11.3 Å². The van der Waals surface area contributed by atoms with Crippen LogP contribution >= 0.6 is 0 Å². The third-order valence-electron chi connectivity index (χ3n) is 1.40. The van der Waals surface area contributed by atoms with E-state index in [1.807, 2.05) is 13.8 Å². The summed E-state index contributed by atoms with van der Waals surface area (Å²) in [6.07, 6.45) is 0.611. The van der Waals surface area contributed by atoms with Gasteiger partial charge in [-0.1, -0.05) is 48.5 Å². The van der Waals surface area contributed by atoms with Crippen LogP contribution in [0.15, 0.2) is 0 Å². The van der Waals surface area contributed by atoms with E-state index < -0.39 is 0 Å². The largest absolute Gasteiger partial charge is 0.356 e. The van der Waals surface area contributed by atoms with Crippen LogP contribution in [0.25, 0.3) is 0 Å². The van der Waals surface area contributed by atoms with Gasteiger partial charge < -0.3 is 5.32 Å². The van der Waals surface area contributed by atoms with Crippen LogP contribution in [0.5, 0.6) is 0 Å². The maximum absolute atomic E-state index is 11.3. The normalized spacial score (nSPS) is 10.6. The number of nitrogens with one attached hydrogen (secondary N) is 1. The first-order valence-corrected chi connectivity index (χ1v) is 5.58. The highest BCUT2D eigenvalue weighted by Crippen LogP contribution is 2.17. The highest BCUT2D eigenvalue weighted by molar-refractivity contribution is 5.76. The molecule has 1 N–H and O–H groups in total. The summed E-state index contributed by atoms with van der Waals surface area (Å²) in [6, 6.07) is 0. The van der Waals surface area contributed by atoms with E-state index in [9.17, 15) is 4.79 Å². The van der Waals surface area contributed by atoms with E-state index in [1.54, 1.807) is 0 Å². The Bertz CT molecular complexity index is 145. The van der Waals surface area contributed by atoms with Crippen molar-refractivity contribution in [1.82, 2.24) is 5.32 Å². The lowest BCUT2D eigenvalue weighted by molar-refractivity contribution is -0.122. The summed E-state index contributed by atoms with van der Waals surface area (Å²) in [4.78, 5) is 11.3. The quantitative estimate of drug-likeness (QED) is 0.746. The van der Waals surface area contributed by atoms with Gasteiger partial charge in [-0.25, -0.2) is 0 Å². The van der Waals surface area contributed by atoms with Crippen molar-refractivity contribution in [2.45, 2.75) is 54.9 Å². The molecule has 0 saturated carbocycles. The van der Waals surface area contributed by atoms with Crippen molar-refractivity contribution in [1.29, 1.82) is 0 Å². The zero-order chi connectivity index (χ0) is 11.8. The standard InChI is InChI=1S/C10H21NO.C2H6/c1-8(2)7-11-9(12)6-10(3,4)5;1-2/h8H,6-7H2,1-5H3,(H,11,12);1-2H3. The Morgan fingerprint density at radius 3 is 1.93 bits per heavy atom. The van der Waals surface area contributed by atoms with E-state index in [0.717, 1.165) is 6.54 Å². The fourth-order valence-corrected chi connectivity index (χ4v) is 0.862. The summed E-state index contributed by atoms with van der Waals surface area (Å²) < 4.78 is 0. The number of hydrogen-bond acceptors (Lipinski definition) is 1. The van der Waals surface area contributed by atoms with Crippen LogP contribution in [0, 0.1) is 11.3 Å². The Morgan fingerprint density at radius 2 is 1.64 bits per heavy atom. The van der Waals surface area contributed by atoms with Crippen LogP contribution in [-0.4, -0.2) is 12.5 Å². The van der Waals surface area contributed by atoms with Gasteiger partial charge in [0.1, 0.15) is 0 Å². The fourth-order valence-electron chi connectivity index (χ4n) is 0.862. The summed E-state index contributed by atoms with van der Waals surface area (Å²) in [5.74, 6) is 0.699. The maximum atomic E-state index is 11.3. The minimum Gasteiger partial charge on any atom is -0.356 e. The van der Waals surface area contributed by atoms with Crippen molar-refractivity contribution in [3.63, 3.8) is 0 Å². The molecule has 0 bridgehead atoms. The molecule has 0 rings (SSSR count). The van der Waals surface area contributed by atoms with Crippen LogP contribution in [0.2, 0.25) is 0 Å². The lowest BCUT2D eigenvalue weighted by Gasteiger charge is -2.17. The van der Waals surface area contributed by atoms with Gasteiger partial charge in [0, 0.05) is 13.0 Å². The topological polar surface area (TPSA) is 29.1 Å². The van der Waals surface area contributed by atoms with Gasteiger partial charge in [-0.05, 0) is 11.3 Å². The summed E-state index contributed by atoms with van der Waals surface area (Å²) in [7, 11) is 0. The predicted molar refractivity (Wildman–Crippen MR) is 63.3 cm³/mol.